The Labute approximate surface area is 238 Å². The first-order valence-electron chi connectivity index (χ1n) is 14.9. The van der Waals surface area contributed by atoms with E-state index in [0.29, 0.717) is 11.6 Å². The number of hydrogen-bond acceptors (Lipinski definition) is 6. The molecule has 0 spiro atoms. The predicted octanol–water partition coefficient (Wildman–Crippen LogP) is 8.84. The molecule has 0 unspecified atom stereocenters. The second kappa shape index (κ2) is 12.8. The molecule has 2 aliphatic carbocycles. The topological polar surface area (TPSA) is 86.1 Å². The fourth-order valence-electron chi connectivity index (χ4n) is 6.67. The third kappa shape index (κ3) is 6.12. The van der Waals surface area contributed by atoms with Gasteiger partial charge < -0.3 is 15.3 Å². The minimum Gasteiger partial charge on any atom is -0.506 e. The summed E-state index contributed by atoms with van der Waals surface area (Å²) in [6.45, 7) is 4.47. The molecular weight excluding hydrogens is 496 g/mol. The molecule has 210 valence electrons. The number of hydrazine groups is 1. The first-order chi connectivity index (χ1) is 19.5. The van der Waals surface area contributed by atoms with Gasteiger partial charge in [-0.25, -0.2) is 5.43 Å². The van der Waals surface area contributed by atoms with Gasteiger partial charge in [-0.1, -0.05) is 68.9 Å². The molecule has 2 fully saturated rings. The van der Waals surface area contributed by atoms with Crippen molar-refractivity contribution in [3.63, 3.8) is 0 Å². The summed E-state index contributed by atoms with van der Waals surface area (Å²) in [7, 11) is 0. The van der Waals surface area contributed by atoms with Crippen molar-refractivity contribution in [3.05, 3.63) is 82.4 Å². The molecular formula is C34H42N4O2. The number of benzene rings is 3. The van der Waals surface area contributed by atoms with Gasteiger partial charge in [0, 0.05) is 5.41 Å². The Kier molecular flexibility index (Phi) is 8.95. The molecule has 0 bridgehead atoms. The zero-order chi connectivity index (χ0) is 28.0. The zero-order valence-corrected chi connectivity index (χ0v) is 23.9. The first-order valence-corrected chi connectivity index (χ1v) is 14.9. The molecule has 0 aromatic heterocycles. The molecule has 0 aliphatic heterocycles. The molecule has 6 heteroatoms. The van der Waals surface area contributed by atoms with Crippen LogP contribution in [0.1, 0.15) is 97.9 Å². The van der Waals surface area contributed by atoms with E-state index in [1.807, 2.05) is 12.1 Å². The fourth-order valence-corrected chi connectivity index (χ4v) is 6.67. The molecule has 0 amide bonds. The van der Waals surface area contributed by atoms with Crippen LogP contribution in [0.3, 0.4) is 0 Å². The molecule has 5 rings (SSSR count). The second-order valence-corrected chi connectivity index (χ2v) is 11.6. The summed E-state index contributed by atoms with van der Waals surface area (Å²) in [5, 5.41) is 19.6. The first kappa shape index (κ1) is 28.0. The Hall–Kier alpha value is -3.51. The van der Waals surface area contributed by atoms with Gasteiger partial charge in [-0.15, -0.1) is 5.11 Å². The molecule has 2 saturated carbocycles. The number of phenolic OH excluding ortho intramolecular Hbond substituents is 1. The quantitative estimate of drug-likeness (QED) is 0.110. The van der Waals surface area contributed by atoms with Gasteiger partial charge in [0.2, 0.25) is 0 Å². The molecule has 0 heterocycles. The highest BCUT2D eigenvalue weighted by Crippen LogP contribution is 2.46. The van der Waals surface area contributed by atoms with Crippen LogP contribution in [-0.2, 0) is 10.2 Å². The van der Waals surface area contributed by atoms with E-state index >= 15 is 0 Å². The standard InChI is InChI=1S/C34H42N4O2/c1-24-21-28(12-14-30(24)36-35-19-20-39)34(17-7-4-8-18-34)29-13-15-31(25(2)22-29)37-38-32-23-27(11-16-33(32)40)26-9-5-3-6-10-26/h11-16,20-23,26,35-36,40H,3-10,17-19H2,1-2H3. The molecule has 3 N–H and O–H groups in total. The summed E-state index contributed by atoms with van der Waals surface area (Å²) < 4.78 is 0. The zero-order valence-electron chi connectivity index (χ0n) is 23.9. The lowest BCUT2D eigenvalue weighted by Crippen LogP contribution is -2.31. The third-order valence-electron chi connectivity index (χ3n) is 8.99. The lowest BCUT2D eigenvalue weighted by Gasteiger charge is -2.39. The average Bonchev–Trinajstić information content (AvgIpc) is 2.99. The van der Waals surface area contributed by atoms with Crippen molar-refractivity contribution in [2.75, 3.05) is 12.0 Å². The Morgan fingerprint density at radius 3 is 2.20 bits per heavy atom. The summed E-state index contributed by atoms with van der Waals surface area (Å²) in [5.41, 5.74) is 14.6. The van der Waals surface area contributed by atoms with Gasteiger partial charge in [0.15, 0.2) is 0 Å². The summed E-state index contributed by atoms with van der Waals surface area (Å²) in [6.07, 6.45) is 13.0. The van der Waals surface area contributed by atoms with Crippen molar-refractivity contribution in [2.45, 2.75) is 89.4 Å². The highest BCUT2D eigenvalue weighted by molar-refractivity contribution is 5.58. The van der Waals surface area contributed by atoms with Gasteiger partial charge in [0.05, 0.1) is 17.9 Å². The normalized spacial score (nSPS) is 17.6. The smallest absolute Gasteiger partial charge is 0.143 e. The maximum atomic E-state index is 10.7. The van der Waals surface area contributed by atoms with Crippen molar-refractivity contribution in [3.8, 4) is 5.75 Å². The number of carbonyl (C=O) groups is 1. The molecule has 3 aromatic carbocycles. The van der Waals surface area contributed by atoms with Crippen LogP contribution in [0.4, 0.5) is 17.1 Å². The largest absolute Gasteiger partial charge is 0.506 e. The number of aldehydes is 1. The Bertz CT molecular complexity index is 1350. The number of carbonyl (C=O) groups excluding carboxylic acids is 1. The van der Waals surface area contributed by atoms with E-state index in [4.69, 9.17) is 0 Å². The second-order valence-electron chi connectivity index (χ2n) is 11.6. The van der Waals surface area contributed by atoms with Crippen molar-refractivity contribution in [1.29, 1.82) is 0 Å². The third-order valence-corrected chi connectivity index (χ3v) is 8.99. The van der Waals surface area contributed by atoms with Crippen LogP contribution >= 0.6 is 0 Å². The van der Waals surface area contributed by atoms with Crippen LogP contribution in [0, 0.1) is 13.8 Å². The van der Waals surface area contributed by atoms with Crippen LogP contribution in [0.2, 0.25) is 0 Å². The number of anilines is 1. The molecule has 0 saturated heterocycles. The highest BCUT2D eigenvalue weighted by Gasteiger charge is 2.36. The van der Waals surface area contributed by atoms with Crippen LogP contribution in [0.25, 0.3) is 0 Å². The molecule has 2 aliphatic rings. The maximum Gasteiger partial charge on any atom is 0.143 e. The number of azo groups is 1. The minimum atomic E-state index is -0.0369. The van der Waals surface area contributed by atoms with E-state index in [1.165, 1.54) is 68.1 Å². The fraction of sp³-hybridized carbons (Fsp3) is 0.441. The van der Waals surface area contributed by atoms with Crippen molar-refractivity contribution in [2.24, 2.45) is 10.2 Å². The average molecular weight is 539 g/mol. The number of aryl methyl sites for hydroxylation is 2. The monoisotopic (exact) mass is 538 g/mol. The van der Waals surface area contributed by atoms with Crippen LogP contribution in [-0.4, -0.2) is 17.9 Å². The minimum absolute atomic E-state index is 0.0369. The maximum absolute atomic E-state index is 10.7. The number of nitrogens with one attached hydrogen (secondary N) is 2. The van der Waals surface area contributed by atoms with E-state index in [9.17, 15) is 9.90 Å². The van der Waals surface area contributed by atoms with E-state index < -0.39 is 0 Å². The van der Waals surface area contributed by atoms with Gasteiger partial charge in [-0.3, -0.25) is 0 Å². The summed E-state index contributed by atoms with van der Waals surface area (Å²) in [5.74, 6) is 0.727. The molecule has 3 aromatic rings. The summed E-state index contributed by atoms with van der Waals surface area (Å²) in [6, 6.07) is 19.0. The number of hydrogen-bond donors (Lipinski definition) is 3. The lowest BCUT2D eigenvalue weighted by atomic mass is 9.65. The molecule has 0 radical (unpaired) electrons. The van der Waals surface area contributed by atoms with Crippen LogP contribution in [0.5, 0.6) is 5.75 Å². The van der Waals surface area contributed by atoms with Crippen molar-refractivity contribution in [1.82, 2.24) is 5.43 Å². The van der Waals surface area contributed by atoms with E-state index in [2.05, 4.69) is 71.3 Å². The van der Waals surface area contributed by atoms with Crippen molar-refractivity contribution >= 4 is 23.3 Å². The Balaban J connectivity index is 1.40. The Morgan fingerprint density at radius 1 is 0.825 bits per heavy atom. The van der Waals surface area contributed by atoms with E-state index in [1.54, 1.807) is 6.07 Å². The van der Waals surface area contributed by atoms with Gasteiger partial charge >= 0.3 is 0 Å². The summed E-state index contributed by atoms with van der Waals surface area (Å²) in [4.78, 5) is 10.7. The van der Waals surface area contributed by atoms with Gasteiger partial charge in [0.1, 0.15) is 17.7 Å². The van der Waals surface area contributed by atoms with Crippen molar-refractivity contribution < 1.29 is 9.90 Å². The lowest BCUT2D eigenvalue weighted by molar-refractivity contribution is -0.107. The van der Waals surface area contributed by atoms with Gasteiger partial charge in [-0.2, -0.15) is 5.11 Å². The molecule has 40 heavy (non-hydrogen) atoms. The van der Waals surface area contributed by atoms with Gasteiger partial charge in [0.25, 0.3) is 0 Å². The van der Waals surface area contributed by atoms with Gasteiger partial charge in [-0.05, 0) is 97.5 Å². The number of phenols is 1. The van der Waals surface area contributed by atoms with Crippen LogP contribution < -0.4 is 10.9 Å². The summed E-state index contributed by atoms with van der Waals surface area (Å²) >= 11 is 0. The predicted molar refractivity (Wildman–Crippen MR) is 162 cm³/mol. The molecule has 6 nitrogen and oxygen atoms in total. The SMILES string of the molecule is Cc1cc(C2(c3ccc(NNCC=O)c(C)c3)CCCCC2)ccc1N=Nc1cc(C2CCCCC2)ccc1O. The molecule has 0 atom stereocenters. The Morgan fingerprint density at radius 2 is 1.50 bits per heavy atom. The van der Waals surface area contributed by atoms with E-state index in [0.717, 1.165) is 41.6 Å². The number of nitrogens with zero attached hydrogens (tertiary/aromatic N) is 2. The van der Waals surface area contributed by atoms with E-state index in [-0.39, 0.29) is 17.7 Å². The number of aromatic hydroxyl groups is 1. The highest BCUT2D eigenvalue weighted by atomic mass is 16.3. The van der Waals surface area contributed by atoms with Crippen LogP contribution in [0.15, 0.2) is 64.8 Å². The number of rotatable bonds is 9.